The summed E-state index contributed by atoms with van der Waals surface area (Å²) in [4.78, 5) is 31.5. The van der Waals surface area contributed by atoms with Crippen molar-refractivity contribution in [3.05, 3.63) is 34.9 Å². The van der Waals surface area contributed by atoms with Gasteiger partial charge in [-0.15, -0.1) is 11.8 Å². The SMILES string of the molecule is CCC1SC(c2ccccc2Cl)N(CCN2CCN(C(=O)CC(C)C)CC2)C1=O. The molecule has 2 aliphatic rings. The largest absolute Gasteiger partial charge is 0.340 e. The second kappa shape index (κ2) is 10.2. The van der Waals surface area contributed by atoms with Crippen LogP contribution in [-0.2, 0) is 9.59 Å². The minimum Gasteiger partial charge on any atom is -0.340 e. The van der Waals surface area contributed by atoms with Crippen molar-refractivity contribution in [2.24, 2.45) is 5.92 Å². The third kappa shape index (κ3) is 5.47. The van der Waals surface area contributed by atoms with Crippen LogP contribution in [0.2, 0.25) is 5.02 Å². The van der Waals surface area contributed by atoms with E-state index in [2.05, 4.69) is 25.7 Å². The van der Waals surface area contributed by atoms with Crippen LogP contribution in [0.1, 0.15) is 44.6 Å². The van der Waals surface area contributed by atoms with E-state index in [1.54, 1.807) is 11.8 Å². The molecule has 2 atom stereocenters. The highest BCUT2D eigenvalue weighted by Gasteiger charge is 2.40. The molecule has 2 saturated heterocycles. The Morgan fingerprint density at radius 3 is 2.48 bits per heavy atom. The van der Waals surface area contributed by atoms with E-state index in [4.69, 9.17) is 11.6 Å². The normalized spacial score (nSPS) is 23.3. The molecule has 0 bridgehead atoms. The van der Waals surface area contributed by atoms with Crippen molar-refractivity contribution in [2.45, 2.75) is 44.2 Å². The molecule has 29 heavy (non-hydrogen) atoms. The monoisotopic (exact) mass is 437 g/mol. The summed E-state index contributed by atoms with van der Waals surface area (Å²) in [6, 6.07) is 7.83. The molecule has 1 aromatic rings. The molecular formula is C22H32ClN3O2S. The number of carbonyl (C=O) groups excluding carboxylic acids is 2. The summed E-state index contributed by atoms with van der Waals surface area (Å²) in [5.74, 6) is 0.871. The molecule has 0 saturated carbocycles. The number of piperazine rings is 1. The number of thioether (sulfide) groups is 1. The van der Waals surface area contributed by atoms with Crippen LogP contribution in [0.5, 0.6) is 0 Å². The predicted molar refractivity (Wildman–Crippen MR) is 120 cm³/mol. The van der Waals surface area contributed by atoms with Crippen molar-refractivity contribution in [3.8, 4) is 0 Å². The molecular weight excluding hydrogens is 406 g/mol. The van der Waals surface area contributed by atoms with Crippen LogP contribution >= 0.6 is 23.4 Å². The van der Waals surface area contributed by atoms with Crippen LogP contribution in [-0.4, -0.2) is 71.0 Å². The molecule has 1 aromatic carbocycles. The summed E-state index contributed by atoms with van der Waals surface area (Å²) >= 11 is 8.15. The van der Waals surface area contributed by atoms with E-state index in [1.807, 2.05) is 34.1 Å². The van der Waals surface area contributed by atoms with Gasteiger partial charge in [-0.3, -0.25) is 14.5 Å². The highest BCUT2D eigenvalue weighted by molar-refractivity contribution is 8.01. The Morgan fingerprint density at radius 1 is 1.17 bits per heavy atom. The lowest BCUT2D eigenvalue weighted by Gasteiger charge is -2.36. The number of rotatable bonds is 7. The van der Waals surface area contributed by atoms with E-state index in [0.717, 1.165) is 49.7 Å². The first kappa shape index (κ1) is 22.4. The Balaban J connectivity index is 1.58. The lowest BCUT2D eigenvalue weighted by atomic mass is 10.1. The van der Waals surface area contributed by atoms with Crippen molar-refractivity contribution in [2.75, 3.05) is 39.3 Å². The van der Waals surface area contributed by atoms with Gasteiger partial charge in [0, 0.05) is 56.3 Å². The number of amides is 2. The van der Waals surface area contributed by atoms with Gasteiger partial charge in [-0.1, -0.05) is 50.6 Å². The van der Waals surface area contributed by atoms with Crippen LogP contribution in [0.25, 0.3) is 0 Å². The molecule has 160 valence electrons. The number of hydrogen-bond acceptors (Lipinski definition) is 4. The lowest BCUT2D eigenvalue weighted by Crippen LogP contribution is -2.50. The Hall–Kier alpha value is -1.24. The number of halogens is 1. The van der Waals surface area contributed by atoms with Gasteiger partial charge in [0.25, 0.3) is 0 Å². The lowest BCUT2D eigenvalue weighted by molar-refractivity contribution is -0.133. The van der Waals surface area contributed by atoms with Gasteiger partial charge in [0.1, 0.15) is 5.37 Å². The number of hydrogen-bond donors (Lipinski definition) is 0. The Kier molecular flexibility index (Phi) is 7.88. The Bertz CT molecular complexity index is 722. The zero-order valence-corrected chi connectivity index (χ0v) is 19.2. The highest BCUT2D eigenvalue weighted by atomic mass is 35.5. The van der Waals surface area contributed by atoms with E-state index in [-0.39, 0.29) is 22.4 Å². The summed E-state index contributed by atoms with van der Waals surface area (Å²) in [7, 11) is 0. The zero-order valence-electron chi connectivity index (χ0n) is 17.6. The van der Waals surface area contributed by atoms with Gasteiger partial charge in [0.05, 0.1) is 5.25 Å². The summed E-state index contributed by atoms with van der Waals surface area (Å²) in [6.07, 6.45) is 1.45. The third-order valence-electron chi connectivity index (χ3n) is 5.64. The van der Waals surface area contributed by atoms with Crippen LogP contribution in [0, 0.1) is 5.92 Å². The fraction of sp³-hybridized carbons (Fsp3) is 0.636. The van der Waals surface area contributed by atoms with Crippen molar-refractivity contribution in [3.63, 3.8) is 0 Å². The molecule has 0 spiro atoms. The molecule has 2 fully saturated rings. The van der Waals surface area contributed by atoms with Gasteiger partial charge in [-0.2, -0.15) is 0 Å². The van der Waals surface area contributed by atoms with Crippen LogP contribution in [0.3, 0.4) is 0 Å². The van der Waals surface area contributed by atoms with Gasteiger partial charge in [-0.05, 0) is 18.4 Å². The summed E-state index contributed by atoms with van der Waals surface area (Å²) < 4.78 is 0. The molecule has 3 rings (SSSR count). The molecule has 0 N–H and O–H groups in total. The number of nitrogens with zero attached hydrogens (tertiary/aromatic N) is 3. The first-order valence-corrected chi connectivity index (χ1v) is 11.9. The Morgan fingerprint density at radius 2 is 1.86 bits per heavy atom. The van der Waals surface area contributed by atoms with Crippen LogP contribution in [0.4, 0.5) is 0 Å². The van der Waals surface area contributed by atoms with Gasteiger partial charge < -0.3 is 9.80 Å². The van der Waals surface area contributed by atoms with Gasteiger partial charge in [0.2, 0.25) is 11.8 Å². The highest BCUT2D eigenvalue weighted by Crippen LogP contribution is 2.45. The van der Waals surface area contributed by atoms with Crippen LogP contribution < -0.4 is 0 Å². The van der Waals surface area contributed by atoms with E-state index in [9.17, 15) is 9.59 Å². The maximum Gasteiger partial charge on any atom is 0.236 e. The second-order valence-electron chi connectivity index (χ2n) is 8.26. The minimum atomic E-state index is -0.0185. The third-order valence-corrected chi connectivity index (χ3v) is 7.62. The minimum absolute atomic E-state index is 0.00164. The number of benzene rings is 1. The maximum absolute atomic E-state index is 12.9. The topological polar surface area (TPSA) is 43.9 Å². The summed E-state index contributed by atoms with van der Waals surface area (Å²) in [6.45, 7) is 11.0. The standard InChI is InChI=1S/C22H32ClN3O2S/c1-4-19-21(28)26(22(29-19)17-7-5-6-8-18(17)23)14-11-24-9-12-25(13-10-24)20(27)15-16(2)3/h5-8,16,19,22H,4,9-15H2,1-3H3. The molecule has 2 heterocycles. The molecule has 0 radical (unpaired) electrons. The van der Waals surface area contributed by atoms with Gasteiger partial charge in [-0.25, -0.2) is 0 Å². The van der Waals surface area contributed by atoms with Gasteiger partial charge in [0.15, 0.2) is 0 Å². The average molecular weight is 438 g/mol. The van der Waals surface area contributed by atoms with Crippen molar-refractivity contribution >= 4 is 35.2 Å². The second-order valence-corrected chi connectivity index (χ2v) is 9.95. The molecule has 2 unspecified atom stereocenters. The van der Waals surface area contributed by atoms with E-state index < -0.39 is 0 Å². The van der Waals surface area contributed by atoms with Crippen molar-refractivity contribution < 1.29 is 9.59 Å². The quantitative estimate of drug-likeness (QED) is 0.649. The molecule has 2 aliphatic heterocycles. The zero-order chi connectivity index (χ0) is 21.0. The van der Waals surface area contributed by atoms with E-state index >= 15 is 0 Å². The fourth-order valence-corrected chi connectivity index (χ4v) is 5.72. The van der Waals surface area contributed by atoms with E-state index in [0.29, 0.717) is 18.9 Å². The van der Waals surface area contributed by atoms with Crippen molar-refractivity contribution in [1.29, 1.82) is 0 Å². The summed E-state index contributed by atoms with van der Waals surface area (Å²) in [5, 5.41) is 0.702. The smallest absolute Gasteiger partial charge is 0.236 e. The fourth-order valence-electron chi connectivity index (χ4n) is 3.95. The molecule has 0 aliphatic carbocycles. The molecule has 5 nitrogen and oxygen atoms in total. The molecule has 0 aromatic heterocycles. The van der Waals surface area contributed by atoms with Gasteiger partial charge >= 0.3 is 0 Å². The predicted octanol–water partition coefficient (Wildman–Crippen LogP) is 3.88. The molecule has 2 amide bonds. The summed E-state index contributed by atoms with van der Waals surface area (Å²) in [5.41, 5.74) is 1.02. The van der Waals surface area contributed by atoms with E-state index in [1.165, 1.54) is 0 Å². The number of carbonyl (C=O) groups is 2. The molecule has 7 heteroatoms. The Labute approximate surface area is 183 Å². The average Bonchev–Trinajstić information content (AvgIpc) is 3.02. The maximum atomic E-state index is 12.9. The first-order valence-electron chi connectivity index (χ1n) is 10.6. The first-order chi connectivity index (χ1) is 13.9. The van der Waals surface area contributed by atoms with Crippen LogP contribution in [0.15, 0.2) is 24.3 Å². The van der Waals surface area contributed by atoms with Crippen molar-refractivity contribution in [1.82, 2.24) is 14.7 Å².